The van der Waals surface area contributed by atoms with Gasteiger partial charge in [-0.3, -0.25) is 0 Å². The number of alkyl halides is 3. The molecule has 0 N–H and O–H groups in total. The van der Waals surface area contributed by atoms with Crippen molar-refractivity contribution in [1.82, 2.24) is 10.2 Å². The Morgan fingerprint density at radius 2 is 1.81 bits per heavy atom. The lowest BCUT2D eigenvalue weighted by atomic mass is 10.1. The molecule has 0 aliphatic heterocycles. The molecule has 0 saturated carbocycles. The lowest BCUT2D eigenvalue weighted by molar-refractivity contribution is 0.493. The average molecular weight is 344 g/mol. The van der Waals surface area contributed by atoms with Crippen molar-refractivity contribution < 1.29 is 8.83 Å². The Morgan fingerprint density at radius 1 is 1.05 bits per heavy atom. The molecule has 0 atom stereocenters. The Kier molecular flexibility index (Phi) is 3.69. The van der Waals surface area contributed by atoms with Crippen LogP contribution in [0, 0.1) is 6.92 Å². The van der Waals surface area contributed by atoms with Gasteiger partial charge in [-0.2, -0.15) is 0 Å². The number of rotatable bonds is 2. The summed E-state index contributed by atoms with van der Waals surface area (Å²) in [6.07, 6.45) is 3.35. The third-order valence-corrected chi connectivity index (χ3v) is 3.43. The summed E-state index contributed by atoms with van der Waals surface area (Å²) in [5, 5.41) is 8.51. The topological polar surface area (TPSA) is 52.1 Å². The van der Waals surface area contributed by atoms with Crippen molar-refractivity contribution in [3.8, 4) is 0 Å². The first-order valence-electron chi connectivity index (χ1n) is 6.02. The van der Waals surface area contributed by atoms with Gasteiger partial charge in [0, 0.05) is 17.0 Å². The lowest BCUT2D eigenvalue weighted by Gasteiger charge is -2.01. The highest BCUT2D eigenvalue weighted by Crippen LogP contribution is 2.37. The van der Waals surface area contributed by atoms with E-state index in [0.29, 0.717) is 5.76 Å². The van der Waals surface area contributed by atoms with Crippen LogP contribution < -0.4 is 0 Å². The molecule has 0 bridgehead atoms. The number of hydrogen-bond acceptors (Lipinski definition) is 4. The minimum absolute atomic E-state index is 0.0755. The number of halogens is 3. The monoisotopic (exact) mass is 342 g/mol. The highest BCUT2D eigenvalue weighted by molar-refractivity contribution is 6.66. The molecule has 0 aliphatic carbocycles. The Bertz CT molecular complexity index is 815. The SMILES string of the molecule is Cc1c(/C=C/c2nnc(C(Cl)(Cl)Cl)o2)oc2ccccc12. The molecular formula is C14H9Cl3N2O2. The van der Waals surface area contributed by atoms with Crippen LogP contribution in [0.1, 0.15) is 23.1 Å². The Balaban J connectivity index is 1.91. The third-order valence-electron chi connectivity index (χ3n) is 2.94. The molecule has 0 unspecified atom stereocenters. The molecule has 2 heterocycles. The molecule has 0 fully saturated rings. The van der Waals surface area contributed by atoms with Crippen LogP contribution in [0.2, 0.25) is 0 Å². The van der Waals surface area contributed by atoms with Crippen molar-refractivity contribution >= 4 is 57.9 Å². The van der Waals surface area contributed by atoms with Crippen molar-refractivity contribution in [2.75, 3.05) is 0 Å². The molecule has 1 aromatic carbocycles. The predicted molar refractivity (Wildman–Crippen MR) is 83.4 cm³/mol. The molecule has 0 radical (unpaired) electrons. The van der Waals surface area contributed by atoms with Crippen LogP contribution in [0.15, 0.2) is 33.1 Å². The van der Waals surface area contributed by atoms with E-state index in [4.69, 9.17) is 43.6 Å². The molecular weight excluding hydrogens is 335 g/mol. The Hall–Kier alpha value is -1.49. The van der Waals surface area contributed by atoms with Gasteiger partial charge in [0.15, 0.2) is 0 Å². The van der Waals surface area contributed by atoms with Crippen LogP contribution >= 0.6 is 34.8 Å². The summed E-state index contributed by atoms with van der Waals surface area (Å²) in [6, 6.07) is 7.79. The number of benzene rings is 1. The summed E-state index contributed by atoms with van der Waals surface area (Å²) in [6.45, 7) is 1.98. The van der Waals surface area contributed by atoms with E-state index in [0.717, 1.165) is 16.5 Å². The van der Waals surface area contributed by atoms with Crippen molar-refractivity contribution in [2.45, 2.75) is 10.7 Å². The highest BCUT2D eigenvalue weighted by Gasteiger charge is 2.29. The van der Waals surface area contributed by atoms with Crippen LogP contribution in [0.4, 0.5) is 0 Å². The summed E-state index contributed by atoms with van der Waals surface area (Å²) in [5.41, 5.74) is 1.85. The fourth-order valence-electron chi connectivity index (χ4n) is 1.92. The largest absolute Gasteiger partial charge is 0.456 e. The maximum absolute atomic E-state index is 5.74. The zero-order valence-electron chi connectivity index (χ0n) is 10.8. The summed E-state index contributed by atoms with van der Waals surface area (Å²) >= 11 is 17.0. The van der Waals surface area contributed by atoms with Gasteiger partial charge in [0.25, 0.3) is 9.68 Å². The van der Waals surface area contributed by atoms with Gasteiger partial charge in [0.1, 0.15) is 11.3 Å². The van der Waals surface area contributed by atoms with Crippen LogP contribution in [0.25, 0.3) is 23.1 Å². The number of nitrogens with zero attached hydrogens (tertiary/aromatic N) is 2. The average Bonchev–Trinajstić information content (AvgIpc) is 3.02. The summed E-state index contributed by atoms with van der Waals surface area (Å²) in [4.78, 5) is 0. The maximum Gasteiger partial charge on any atom is 0.268 e. The molecule has 3 rings (SSSR count). The number of hydrogen-bond donors (Lipinski definition) is 0. The molecule has 21 heavy (non-hydrogen) atoms. The fourth-order valence-corrected chi connectivity index (χ4v) is 2.14. The molecule has 2 aromatic heterocycles. The molecule has 0 saturated heterocycles. The van der Waals surface area contributed by atoms with Gasteiger partial charge in [0.05, 0.1) is 0 Å². The zero-order chi connectivity index (χ0) is 15.0. The lowest BCUT2D eigenvalue weighted by Crippen LogP contribution is -1.99. The molecule has 0 amide bonds. The van der Waals surface area contributed by atoms with E-state index in [2.05, 4.69) is 10.2 Å². The van der Waals surface area contributed by atoms with E-state index in [1.54, 1.807) is 12.2 Å². The Labute approximate surface area is 135 Å². The van der Waals surface area contributed by atoms with Gasteiger partial charge in [-0.15, -0.1) is 10.2 Å². The standard InChI is InChI=1S/C14H9Cl3N2O2/c1-8-9-4-2-3-5-11(9)20-10(8)6-7-12-18-19-13(21-12)14(15,16)17/h2-7H,1H3/b7-6+. The summed E-state index contributed by atoms with van der Waals surface area (Å²) in [5.74, 6) is 0.870. The van der Waals surface area contributed by atoms with Gasteiger partial charge in [-0.25, -0.2) is 0 Å². The van der Waals surface area contributed by atoms with E-state index in [1.165, 1.54) is 0 Å². The van der Waals surface area contributed by atoms with Crippen LogP contribution in [-0.4, -0.2) is 10.2 Å². The van der Waals surface area contributed by atoms with Crippen molar-refractivity contribution in [2.24, 2.45) is 0 Å². The molecule has 3 aromatic rings. The summed E-state index contributed by atoms with van der Waals surface area (Å²) in [7, 11) is 0. The van der Waals surface area contributed by atoms with Crippen LogP contribution in [0.5, 0.6) is 0 Å². The van der Waals surface area contributed by atoms with Gasteiger partial charge in [0.2, 0.25) is 5.89 Å². The number of para-hydroxylation sites is 1. The first kappa shape index (κ1) is 14.4. The highest BCUT2D eigenvalue weighted by atomic mass is 35.6. The maximum atomic E-state index is 5.74. The van der Waals surface area contributed by atoms with Gasteiger partial charge in [-0.1, -0.05) is 53.0 Å². The minimum Gasteiger partial charge on any atom is -0.456 e. The second-order valence-corrected chi connectivity index (χ2v) is 6.65. The predicted octanol–water partition coefficient (Wildman–Crippen LogP) is 5.12. The fraction of sp³-hybridized carbons (Fsp3) is 0.143. The van der Waals surface area contributed by atoms with Crippen molar-refractivity contribution in [1.29, 1.82) is 0 Å². The van der Waals surface area contributed by atoms with E-state index < -0.39 is 3.79 Å². The molecule has 7 heteroatoms. The zero-order valence-corrected chi connectivity index (χ0v) is 13.1. The van der Waals surface area contributed by atoms with Crippen molar-refractivity contribution in [3.05, 3.63) is 47.4 Å². The molecule has 0 spiro atoms. The first-order valence-corrected chi connectivity index (χ1v) is 7.15. The van der Waals surface area contributed by atoms with Gasteiger partial charge in [-0.05, 0) is 19.1 Å². The van der Waals surface area contributed by atoms with E-state index in [-0.39, 0.29) is 11.8 Å². The number of aromatic nitrogens is 2. The second kappa shape index (κ2) is 5.37. The summed E-state index contributed by atoms with van der Waals surface area (Å²) < 4.78 is 9.25. The number of furan rings is 1. The number of fused-ring (bicyclic) bond motifs is 1. The van der Waals surface area contributed by atoms with Gasteiger partial charge < -0.3 is 8.83 Å². The van der Waals surface area contributed by atoms with E-state index in [1.807, 2.05) is 31.2 Å². The third kappa shape index (κ3) is 2.93. The van der Waals surface area contributed by atoms with E-state index in [9.17, 15) is 0 Å². The second-order valence-electron chi connectivity index (χ2n) is 4.36. The molecule has 108 valence electrons. The molecule has 4 nitrogen and oxygen atoms in total. The molecule has 0 aliphatic rings. The van der Waals surface area contributed by atoms with Gasteiger partial charge >= 0.3 is 0 Å². The normalized spacial score (nSPS) is 12.6. The first-order chi connectivity index (χ1) is 9.95. The Morgan fingerprint density at radius 3 is 2.48 bits per heavy atom. The quantitative estimate of drug-likeness (QED) is 0.606. The van der Waals surface area contributed by atoms with Crippen LogP contribution in [-0.2, 0) is 3.79 Å². The van der Waals surface area contributed by atoms with Crippen LogP contribution in [0.3, 0.4) is 0 Å². The minimum atomic E-state index is -1.73. The smallest absolute Gasteiger partial charge is 0.268 e. The van der Waals surface area contributed by atoms with E-state index >= 15 is 0 Å². The van der Waals surface area contributed by atoms with Crippen molar-refractivity contribution in [3.63, 3.8) is 0 Å². The number of aryl methyl sites for hydroxylation is 1.